The second kappa shape index (κ2) is 7.26. The number of carbonyl (C=O) groups excluding carboxylic acids is 1. The maximum atomic E-state index is 12.1. The SMILES string of the molecule is CCc1ccc(NC(=O)[C@@H](C)Sc2n[nH]c(CC)n2)cc1. The number of thioether (sulfide) groups is 1. The molecule has 0 aliphatic carbocycles. The highest BCUT2D eigenvalue weighted by atomic mass is 32.2. The molecule has 0 bridgehead atoms. The van der Waals surface area contributed by atoms with Gasteiger partial charge in [0.25, 0.3) is 0 Å². The molecule has 2 N–H and O–H groups in total. The lowest BCUT2D eigenvalue weighted by atomic mass is 10.1. The molecule has 0 aliphatic heterocycles. The standard InChI is InChI=1S/C15H20N4OS/c1-4-11-6-8-12(9-7-11)16-14(20)10(3)21-15-17-13(5-2)18-19-15/h6-10H,4-5H2,1-3H3,(H,16,20)(H,17,18,19)/t10-/m1/s1. The quantitative estimate of drug-likeness (QED) is 0.805. The number of aromatic nitrogens is 3. The van der Waals surface area contributed by atoms with Crippen molar-refractivity contribution >= 4 is 23.4 Å². The zero-order chi connectivity index (χ0) is 15.2. The topological polar surface area (TPSA) is 70.7 Å². The molecule has 1 aromatic carbocycles. The van der Waals surface area contributed by atoms with E-state index in [4.69, 9.17) is 0 Å². The first-order valence-electron chi connectivity index (χ1n) is 7.10. The molecule has 0 saturated heterocycles. The van der Waals surface area contributed by atoms with Crippen molar-refractivity contribution in [3.63, 3.8) is 0 Å². The molecule has 0 unspecified atom stereocenters. The van der Waals surface area contributed by atoms with Gasteiger partial charge < -0.3 is 5.32 Å². The van der Waals surface area contributed by atoms with Crippen molar-refractivity contribution in [2.45, 2.75) is 44.0 Å². The Morgan fingerprint density at radius 3 is 2.57 bits per heavy atom. The Kier molecular flexibility index (Phi) is 5.38. The molecule has 6 heteroatoms. The highest BCUT2D eigenvalue weighted by Gasteiger charge is 2.17. The number of aromatic amines is 1. The Hall–Kier alpha value is -1.82. The van der Waals surface area contributed by atoms with Gasteiger partial charge in [-0.05, 0) is 31.0 Å². The third-order valence-electron chi connectivity index (χ3n) is 3.13. The average Bonchev–Trinajstić information content (AvgIpc) is 2.95. The van der Waals surface area contributed by atoms with Gasteiger partial charge in [0.2, 0.25) is 11.1 Å². The molecule has 0 fully saturated rings. The maximum absolute atomic E-state index is 12.1. The molecular formula is C15H20N4OS. The fraction of sp³-hybridized carbons (Fsp3) is 0.400. The first kappa shape index (κ1) is 15.6. The minimum atomic E-state index is -0.253. The largest absolute Gasteiger partial charge is 0.325 e. The number of nitrogens with zero attached hydrogens (tertiary/aromatic N) is 2. The Morgan fingerprint density at radius 2 is 2.00 bits per heavy atom. The van der Waals surface area contributed by atoms with Crippen molar-refractivity contribution in [2.75, 3.05) is 5.32 Å². The van der Waals surface area contributed by atoms with Crippen LogP contribution in [0.25, 0.3) is 0 Å². The number of anilines is 1. The van der Waals surface area contributed by atoms with Crippen LogP contribution in [0.5, 0.6) is 0 Å². The molecule has 112 valence electrons. The van der Waals surface area contributed by atoms with Crippen LogP contribution in [0.4, 0.5) is 5.69 Å². The number of hydrogen-bond donors (Lipinski definition) is 2. The third kappa shape index (κ3) is 4.32. The first-order valence-corrected chi connectivity index (χ1v) is 7.98. The summed E-state index contributed by atoms with van der Waals surface area (Å²) < 4.78 is 0. The number of amides is 1. The van der Waals surface area contributed by atoms with Gasteiger partial charge in [-0.2, -0.15) is 0 Å². The Morgan fingerprint density at radius 1 is 1.29 bits per heavy atom. The van der Waals surface area contributed by atoms with E-state index in [9.17, 15) is 4.79 Å². The molecule has 0 aliphatic rings. The summed E-state index contributed by atoms with van der Waals surface area (Å²) >= 11 is 1.35. The Balaban J connectivity index is 1.92. The van der Waals surface area contributed by atoms with Crippen LogP contribution in [-0.2, 0) is 17.6 Å². The van der Waals surface area contributed by atoms with Gasteiger partial charge in [0.15, 0.2) is 0 Å². The van der Waals surface area contributed by atoms with Crippen molar-refractivity contribution in [1.29, 1.82) is 0 Å². The monoisotopic (exact) mass is 304 g/mol. The van der Waals surface area contributed by atoms with Gasteiger partial charge in [0.05, 0.1) is 5.25 Å². The summed E-state index contributed by atoms with van der Waals surface area (Å²) in [5.74, 6) is 0.785. The lowest BCUT2D eigenvalue weighted by Crippen LogP contribution is -2.22. The molecule has 1 atom stereocenters. The van der Waals surface area contributed by atoms with Crippen LogP contribution in [0.2, 0.25) is 0 Å². The van der Waals surface area contributed by atoms with Gasteiger partial charge in [-0.25, -0.2) is 4.98 Å². The molecular weight excluding hydrogens is 284 g/mol. The summed E-state index contributed by atoms with van der Waals surface area (Å²) in [4.78, 5) is 16.4. The van der Waals surface area contributed by atoms with Gasteiger partial charge in [-0.15, -0.1) is 5.10 Å². The van der Waals surface area contributed by atoms with Crippen molar-refractivity contribution in [1.82, 2.24) is 15.2 Å². The summed E-state index contributed by atoms with van der Waals surface area (Å²) in [6.07, 6.45) is 1.79. The third-order valence-corrected chi connectivity index (χ3v) is 4.09. The van der Waals surface area contributed by atoms with Crippen LogP contribution in [-0.4, -0.2) is 26.3 Å². The first-order chi connectivity index (χ1) is 10.1. The molecule has 1 heterocycles. The van der Waals surface area contributed by atoms with Crippen molar-refractivity contribution in [3.05, 3.63) is 35.7 Å². The number of nitrogens with one attached hydrogen (secondary N) is 2. The summed E-state index contributed by atoms with van der Waals surface area (Å²) in [5, 5.41) is 10.2. The molecule has 2 aromatic rings. The normalized spacial score (nSPS) is 12.1. The van der Waals surface area contributed by atoms with Gasteiger partial charge in [-0.3, -0.25) is 9.89 Å². The average molecular weight is 304 g/mol. The smallest absolute Gasteiger partial charge is 0.237 e. The maximum Gasteiger partial charge on any atom is 0.237 e. The van der Waals surface area contributed by atoms with E-state index in [1.165, 1.54) is 17.3 Å². The van der Waals surface area contributed by atoms with E-state index in [-0.39, 0.29) is 11.2 Å². The van der Waals surface area contributed by atoms with Gasteiger partial charge in [-0.1, -0.05) is 37.7 Å². The Labute approximate surface area is 128 Å². The van der Waals surface area contributed by atoms with E-state index in [2.05, 4.69) is 27.4 Å². The minimum Gasteiger partial charge on any atom is -0.325 e. The summed E-state index contributed by atoms with van der Waals surface area (Å²) in [6, 6.07) is 7.90. The van der Waals surface area contributed by atoms with Crippen molar-refractivity contribution in [3.8, 4) is 0 Å². The second-order valence-electron chi connectivity index (χ2n) is 4.72. The van der Waals surface area contributed by atoms with E-state index in [1.807, 2.05) is 38.1 Å². The summed E-state index contributed by atoms with van der Waals surface area (Å²) in [6.45, 7) is 5.96. The van der Waals surface area contributed by atoms with Crippen LogP contribution in [0.3, 0.4) is 0 Å². The predicted octanol–water partition coefficient (Wildman–Crippen LogP) is 3.05. The molecule has 0 saturated carbocycles. The molecule has 21 heavy (non-hydrogen) atoms. The van der Waals surface area contributed by atoms with E-state index in [1.54, 1.807) is 0 Å². The molecule has 1 amide bonds. The fourth-order valence-electron chi connectivity index (χ4n) is 1.77. The highest BCUT2D eigenvalue weighted by Crippen LogP contribution is 2.21. The van der Waals surface area contributed by atoms with Gasteiger partial charge in [0, 0.05) is 12.1 Å². The fourth-order valence-corrected chi connectivity index (χ4v) is 2.51. The van der Waals surface area contributed by atoms with E-state index in [0.717, 1.165) is 24.4 Å². The van der Waals surface area contributed by atoms with Crippen molar-refractivity contribution in [2.24, 2.45) is 0 Å². The van der Waals surface area contributed by atoms with Crippen LogP contribution >= 0.6 is 11.8 Å². The van der Waals surface area contributed by atoms with Gasteiger partial charge in [0.1, 0.15) is 5.82 Å². The molecule has 0 spiro atoms. The number of H-pyrrole nitrogens is 1. The summed E-state index contributed by atoms with van der Waals surface area (Å²) in [5.41, 5.74) is 2.07. The number of hydrogen-bond acceptors (Lipinski definition) is 4. The van der Waals surface area contributed by atoms with E-state index < -0.39 is 0 Å². The van der Waals surface area contributed by atoms with Gasteiger partial charge >= 0.3 is 0 Å². The van der Waals surface area contributed by atoms with E-state index >= 15 is 0 Å². The van der Waals surface area contributed by atoms with Crippen LogP contribution in [0.15, 0.2) is 29.4 Å². The summed E-state index contributed by atoms with van der Waals surface area (Å²) in [7, 11) is 0. The molecule has 5 nitrogen and oxygen atoms in total. The van der Waals surface area contributed by atoms with E-state index in [0.29, 0.717) is 5.16 Å². The lowest BCUT2D eigenvalue weighted by Gasteiger charge is -2.10. The number of aryl methyl sites for hydroxylation is 2. The lowest BCUT2D eigenvalue weighted by molar-refractivity contribution is -0.115. The second-order valence-corrected chi connectivity index (χ2v) is 6.03. The molecule has 1 aromatic heterocycles. The number of rotatable bonds is 6. The zero-order valence-corrected chi connectivity index (χ0v) is 13.3. The van der Waals surface area contributed by atoms with Crippen LogP contribution < -0.4 is 5.32 Å². The Bertz CT molecular complexity index is 594. The molecule has 2 rings (SSSR count). The van der Waals surface area contributed by atoms with Crippen LogP contribution in [0, 0.1) is 0 Å². The predicted molar refractivity (Wildman–Crippen MR) is 85.5 cm³/mol. The molecule has 0 radical (unpaired) electrons. The van der Waals surface area contributed by atoms with Crippen molar-refractivity contribution < 1.29 is 4.79 Å². The number of carbonyl (C=O) groups is 1. The zero-order valence-electron chi connectivity index (χ0n) is 12.5. The van der Waals surface area contributed by atoms with Crippen LogP contribution in [0.1, 0.15) is 32.2 Å². The number of benzene rings is 1. The highest BCUT2D eigenvalue weighted by molar-refractivity contribution is 8.00. The minimum absolute atomic E-state index is 0.0490.